The highest BCUT2D eigenvalue weighted by molar-refractivity contribution is 7.14. The zero-order chi connectivity index (χ0) is 20.1. The zero-order valence-corrected chi connectivity index (χ0v) is 18.9. The maximum Gasteiger partial charge on any atom is 0.193 e. The van der Waals surface area contributed by atoms with Crippen molar-refractivity contribution in [3.05, 3.63) is 39.9 Å². The van der Waals surface area contributed by atoms with Crippen molar-refractivity contribution in [2.45, 2.75) is 19.1 Å². The lowest BCUT2D eigenvalue weighted by Gasteiger charge is -2.39. The summed E-state index contributed by atoms with van der Waals surface area (Å²) in [4.78, 5) is 13.4. The molecule has 0 saturated carbocycles. The highest BCUT2D eigenvalue weighted by Gasteiger charge is 2.27. The number of anilines is 1. The van der Waals surface area contributed by atoms with Crippen molar-refractivity contribution in [2.75, 3.05) is 64.4 Å². The Hall–Kier alpha value is -1.61. The van der Waals surface area contributed by atoms with Gasteiger partial charge in [0.1, 0.15) is 0 Å². The van der Waals surface area contributed by atoms with Gasteiger partial charge in [0, 0.05) is 57.7 Å². The molecule has 0 radical (unpaired) electrons. The predicted molar refractivity (Wildman–Crippen MR) is 124 cm³/mol. The maximum absolute atomic E-state index is 5.76. The fourth-order valence-corrected chi connectivity index (χ4v) is 5.77. The van der Waals surface area contributed by atoms with Crippen LogP contribution in [0.2, 0.25) is 0 Å². The summed E-state index contributed by atoms with van der Waals surface area (Å²) < 4.78 is 5.76. The fraction of sp³-hybridized carbons (Fsp3) is 0.571. The minimum atomic E-state index is 0.288. The first kappa shape index (κ1) is 20.7. The van der Waals surface area contributed by atoms with Crippen molar-refractivity contribution in [1.29, 1.82) is 0 Å². The van der Waals surface area contributed by atoms with Gasteiger partial charge >= 0.3 is 0 Å². The Labute approximate surface area is 181 Å². The van der Waals surface area contributed by atoms with E-state index in [4.69, 9.17) is 4.74 Å². The molecule has 1 N–H and O–H groups in total. The quantitative estimate of drug-likeness (QED) is 0.580. The SMILES string of the molecule is CN=C(NCC(c1cccs1)N1CCOC(C)C1)N1CCN(c2cccs2)CC1. The molecule has 2 fully saturated rings. The minimum Gasteiger partial charge on any atom is -0.376 e. The summed E-state index contributed by atoms with van der Waals surface area (Å²) >= 11 is 3.66. The van der Waals surface area contributed by atoms with Gasteiger partial charge in [0.05, 0.1) is 23.8 Å². The number of morpholine rings is 1. The summed E-state index contributed by atoms with van der Waals surface area (Å²) in [6.45, 7) is 9.86. The van der Waals surface area contributed by atoms with E-state index in [1.54, 1.807) is 0 Å². The number of hydrogen-bond donors (Lipinski definition) is 1. The Morgan fingerprint density at radius 1 is 1.17 bits per heavy atom. The number of aliphatic imine (C=N–C) groups is 1. The van der Waals surface area contributed by atoms with Crippen LogP contribution in [0.3, 0.4) is 0 Å². The lowest BCUT2D eigenvalue weighted by atomic mass is 10.1. The van der Waals surface area contributed by atoms with Gasteiger partial charge < -0.3 is 19.9 Å². The van der Waals surface area contributed by atoms with Crippen LogP contribution < -0.4 is 10.2 Å². The molecule has 6 nitrogen and oxygen atoms in total. The molecule has 2 aromatic heterocycles. The second-order valence-corrected chi connectivity index (χ2v) is 9.47. The largest absolute Gasteiger partial charge is 0.376 e. The molecular formula is C21H31N5OS2. The first-order valence-electron chi connectivity index (χ1n) is 10.4. The highest BCUT2D eigenvalue weighted by atomic mass is 32.1. The van der Waals surface area contributed by atoms with Gasteiger partial charge in [-0.3, -0.25) is 9.89 Å². The van der Waals surface area contributed by atoms with Crippen LogP contribution >= 0.6 is 22.7 Å². The summed E-state index contributed by atoms with van der Waals surface area (Å²) in [6.07, 6.45) is 0.288. The molecule has 0 spiro atoms. The molecule has 0 amide bonds. The Balaban J connectivity index is 1.36. The van der Waals surface area contributed by atoms with Crippen LogP contribution in [0.5, 0.6) is 0 Å². The second kappa shape index (κ2) is 9.93. The van der Waals surface area contributed by atoms with E-state index in [-0.39, 0.29) is 6.10 Å². The second-order valence-electron chi connectivity index (χ2n) is 7.56. The average molecular weight is 434 g/mol. The van der Waals surface area contributed by atoms with Crippen molar-refractivity contribution in [3.8, 4) is 0 Å². The van der Waals surface area contributed by atoms with E-state index in [0.717, 1.165) is 58.4 Å². The van der Waals surface area contributed by atoms with E-state index >= 15 is 0 Å². The molecular weight excluding hydrogens is 402 g/mol. The van der Waals surface area contributed by atoms with Crippen molar-refractivity contribution in [1.82, 2.24) is 15.1 Å². The van der Waals surface area contributed by atoms with Crippen LogP contribution in [-0.2, 0) is 4.74 Å². The Kier molecular flexibility index (Phi) is 7.07. The van der Waals surface area contributed by atoms with Gasteiger partial charge in [0.25, 0.3) is 0 Å². The molecule has 2 saturated heterocycles. The normalized spacial score (nSPS) is 22.7. The molecule has 2 aliphatic rings. The number of nitrogens with one attached hydrogen (secondary N) is 1. The molecule has 0 aromatic carbocycles. The molecule has 8 heteroatoms. The van der Waals surface area contributed by atoms with Crippen LogP contribution in [0.1, 0.15) is 17.8 Å². The zero-order valence-electron chi connectivity index (χ0n) is 17.3. The lowest BCUT2D eigenvalue weighted by Crippen LogP contribution is -2.54. The van der Waals surface area contributed by atoms with E-state index in [1.807, 2.05) is 29.7 Å². The Morgan fingerprint density at radius 2 is 1.97 bits per heavy atom. The van der Waals surface area contributed by atoms with Crippen molar-refractivity contribution in [3.63, 3.8) is 0 Å². The molecule has 4 rings (SSSR count). The molecule has 0 bridgehead atoms. The topological polar surface area (TPSA) is 43.3 Å². The Morgan fingerprint density at radius 3 is 2.62 bits per heavy atom. The summed E-state index contributed by atoms with van der Waals surface area (Å²) in [5.74, 6) is 1.01. The van der Waals surface area contributed by atoms with Gasteiger partial charge in [-0.25, -0.2) is 0 Å². The van der Waals surface area contributed by atoms with E-state index in [0.29, 0.717) is 6.04 Å². The third kappa shape index (κ3) is 5.12. The predicted octanol–water partition coefficient (Wildman–Crippen LogP) is 2.97. The average Bonchev–Trinajstić information content (AvgIpc) is 3.46. The van der Waals surface area contributed by atoms with E-state index < -0.39 is 0 Å². The van der Waals surface area contributed by atoms with Crippen LogP contribution in [0.25, 0.3) is 0 Å². The van der Waals surface area contributed by atoms with Crippen molar-refractivity contribution < 1.29 is 4.74 Å². The number of nitrogens with zero attached hydrogens (tertiary/aromatic N) is 4. The summed E-state index contributed by atoms with van der Waals surface area (Å²) in [6, 6.07) is 9.09. The van der Waals surface area contributed by atoms with Crippen LogP contribution in [-0.4, -0.2) is 81.3 Å². The van der Waals surface area contributed by atoms with Crippen LogP contribution in [0.15, 0.2) is 40.0 Å². The third-order valence-corrected chi connectivity index (χ3v) is 7.55. The maximum atomic E-state index is 5.76. The number of thiophene rings is 2. The van der Waals surface area contributed by atoms with Crippen molar-refractivity contribution >= 4 is 33.6 Å². The monoisotopic (exact) mass is 433 g/mol. The van der Waals surface area contributed by atoms with Crippen LogP contribution in [0, 0.1) is 0 Å². The summed E-state index contributed by atoms with van der Waals surface area (Å²) in [5.41, 5.74) is 0. The molecule has 29 heavy (non-hydrogen) atoms. The number of guanidine groups is 1. The number of hydrogen-bond acceptors (Lipinski definition) is 6. The van der Waals surface area contributed by atoms with Gasteiger partial charge in [-0.2, -0.15) is 0 Å². The molecule has 0 aliphatic carbocycles. The smallest absolute Gasteiger partial charge is 0.193 e. The molecule has 4 heterocycles. The van der Waals surface area contributed by atoms with Gasteiger partial charge in [0.15, 0.2) is 5.96 Å². The standard InChI is InChI=1S/C21H31N5OS2/c1-17-16-26(11-12-27-17)18(19-5-3-13-28-19)15-23-21(22-2)25-9-7-24(8-10-25)20-6-4-14-29-20/h3-6,13-14,17-18H,7-12,15-16H2,1-2H3,(H,22,23). The Bertz CT molecular complexity index is 756. The summed E-state index contributed by atoms with van der Waals surface area (Å²) in [7, 11) is 1.89. The lowest BCUT2D eigenvalue weighted by molar-refractivity contribution is -0.0334. The summed E-state index contributed by atoms with van der Waals surface area (Å²) in [5, 5.41) is 9.36. The van der Waals surface area contributed by atoms with Gasteiger partial charge in [-0.05, 0) is 35.9 Å². The van der Waals surface area contributed by atoms with E-state index in [1.165, 1.54) is 9.88 Å². The van der Waals surface area contributed by atoms with E-state index in [9.17, 15) is 0 Å². The number of piperazine rings is 1. The molecule has 2 unspecified atom stereocenters. The van der Waals surface area contributed by atoms with Gasteiger partial charge in [-0.1, -0.05) is 6.07 Å². The molecule has 158 valence electrons. The molecule has 2 aliphatic heterocycles. The first-order valence-corrected chi connectivity index (χ1v) is 12.1. The highest BCUT2D eigenvalue weighted by Crippen LogP contribution is 2.27. The van der Waals surface area contributed by atoms with Crippen LogP contribution in [0.4, 0.5) is 5.00 Å². The minimum absolute atomic E-state index is 0.288. The fourth-order valence-electron chi connectivity index (χ4n) is 4.13. The van der Waals surface area contributed by atoms with Crippen molar-refractivity contribution in [2.24, 2.45) is 4.99 Å². The number of ether oxygens (including phenoxy) is 1. The van der Waals surface area contributed by atoms with E-state index in [2.05, 4.69) is 67.0 Å². The van der Waals surface area contributed by atoms with Gasteiger partial charge in [-0.15, -0.1) is 22.7 Å². The molecule has 2 atom stereocenters. The molecule has 2 aromatic rings. The third-order valence-electron chi connectivity index (χ3n) is 5.65. The first-order chi connectivity index (χ1) is 14.2. The van der Waals surface area contributed by atoms with Gasteiger partial charge in [0.2, 0.25) is 0 Å². The number of rotatable bonds is 5.